The van der Waals surface area contributed by atoms with E-state index in [9.17, 15) is 9.59 Å². The number of aryl methyl sites for hydroxylation is 1. The van der Waals surface area contributed by atoms with Crippen molar-refractivity contribution >= 4 is 34.3 Å². The maximum absolute atomic E-state index is 13.0. The van der Waals surface area contributed by atoms with Gasteiger partial charge in [-0.1, -0.05) is 48.0 Å². The Morgan fingerprint density at radius 3 is 2.46 bits per heavy atom. The van der Waals surface area contributed by atoms with Gasteiger partial charge in [0.15, 0.2) is 0 Å². The Hall–Kier alpha value is -2.87. The van der Waals surface area contributed by atoms with E-state index < -0.39 is 0 Å². The van der Waals surface area contributed by atoms with Crippen molar-refractivity contribution in [1.82, 2.24) is 25.4 Å². The molecule has 0 bridgehead atoms. The number of hydrogen-bond donors (Lipinski definition) is 3. The molecule has 1 aliphatic heterocycles. The second-order valence-corrected chi connectivity index (χ2v) is 10.5. The van der Waals surface area contributed by atoms with Crippen LogP contribution in [0.5, 0.6) is 0 Å². The number of carbonyl (C=O) groups excluding carboxylic acids is 2. The second-order valence-electron chi connectivity index (χ2n) is 10.1. The van der Waals surface area contributed by atoms with Crippen molar-refractivity contribution < 1.29 is 9.59 Å². The summed E-state index contributed by atoms with van der Waals surface area (Å²) >= 11 is 6.23. The maximum Gasteiger partial charge on any atom is 0.234 e. The molecule has 2 heterocycles. The molecular formula is C29H38ClN5O2. The standard InChI is InChI=1S/C29H38ClN5O2/c1-21(2)35-15-13-34(14-16-35)20-29(37)33-24(17-23-18-31-27-10-6-4-8-25(23)27)19-32-28(36)12-11-22-7-3-5-9-26(22)30/h3-10,18,21,24,31H,11-17,19-20H2,1-2H3,(H,32,36)(H,33,37). The van der Waals surface area contributed by atoms with Gasteiger partial charge in [0.1, 0.15) is 0 Å². The van der Waals surface area contributed by atoms with Crippen LogP contribution in [0.3, 0.4) is 0 Å². The van der Waals surface area contributed by atoms with Gasteiger partial charge in [-0.25, -0.2) is 0 Å². The summed E-state index contributed by atoms with van der Waals surface area (Å²) in [6.07, 6.45) is 3.54. The second kappa shape index (κ2) is 13.1. The molecule has 3 N–H and O–H groups in total. The van der Waals surface area contributed by atoms with Crippen LogP contribution in [0.25, 0.3) is 10.9 Å². The first-order valence-corrected chi connectivity index (χ1v) is 13.6. The largest absolute Gasteiger partial charge is 0.361 e. The molecule has 0 aliphatic carbocycles. The molecule has 7 nitrogen and oxygen atoms in total. The third-order valence-electron chi connectivity index (χ3n) is 7.14. The van der Waals surface area contributed by atoms with Crippen LogP contribution < -0.4 is 10.6 Å². The number of halogens is 1. The zero-order valence-corrected chi connectivity index (χ0v) is 22.6. The third kappa shape index (κ3) is 7.81. The van der Waals surface area contributed by atoms with Crippen LogP contribution in [0.15, 0.2) is 54.7 Å². The topological polar surface area (TPSA) is 80.5 Å². The third-order valence-corrected chi connectivity index (χ3v) is 7.50. The van der Waals surface area contributed by atoms with Gasteiger partial charge in [0, 0.05) is 67.3 Å². The number of fused-ring (bicyclic) bond motifs is 1. The van der Waals surface area contributed by atoms with Gasteiger partial charge in [0.25, 0.3) is 0 Å². The molecule has 8 heteroatoms. The molecule has 1 atom stereocenters. The number of aromatic nitrogens is 1. The number of nitrogens with one attached hydrogen (secondary N) is 3. The van der Waals surface area contributed by atoms with Crippen LogP contribution in [0.4, 0.5) is 0 Å². The number of H-pyrrole nitrogens is 1. The molecule has 2 aromatic carbocycles. The number of carbonyl (C=O) groups is 2. The minimum atomic E-state index is -0.215. The predicted molar refractivity (Wildman–Crippen MR) is 150 cm³/mol. The van der Waals surface area contributed by atoms with E-state index in [-0.39, 0.29) is 17.9 Å². The molecule has 1 unspecified atom stereocenters. The minimum absolute atomic E-state index is 0.00634. The van der Waals surface area contributed by atoms with E-state index in [0.717, 1.165) is 48.2 Å². The lowest BCUT2D eigenvalue weighted by molar-refractivity contribution is -0.124. The van der Waals surface area contributed by atoms with E-state index in [4.69, 9.17) is 11.6 Å². The van der Waals surface area contributed by atoms with Gasteiger partial charge in [-0.2, -0.15) is 0 Å². The number of aromatic amines is 1. The van der Waals surface area contributed by atoms with Gasteiger partial charge in [0.05, 0.1) is 12.6 Å². The Kier molecular flexibility index (Phi) is 9.61. The molecule has 3 aromatic rings. The van der Waals surface area contributed by atoms with Crippen LogP contribution in [-0.2, 0) is 22.4 Å². The van der Waals surface area contributed by atoms with Gasteiger partial charge in [-0.05, 0) is 49.9 Å². The highest BCUT2D eigenvalue weighted by Crippen LogP contribution is 2.19. The molecule has 198 valence electrons. The van der Waals surface area contributed by atoms with Gasteiger partial charge < -0.3 is 15.6 Å². The summed E-state index contributed by atoms with van der Waals surface area (Å²) in [7, 11) is 0. The lowest BCUT2D eigenvalue weighted by Gasteiger charge is -2.36. The smallest absolute Gasteiger partial charge is 0.234 e. The number of nitrogens with zero attached hydrogens (tertiary/aromatic N) is 2. The SMILES string of the molecule is CC(C)N1CCN(CC(=O)NC(CNC(=O)CCc2ccccc2Cl)Cc2c[nH]c3ccccc23)CC1. The molecule has 0 radical (unpaired) electrons. The van der Waals surface area contributed by atoms with Crippen LogP contribution in [0, 0.1) is 0 Å². The maximum atomic E-state index is 13.0. The Balaban J connectivity index is 1.34. The van der Waals surface area contributed by atoms with Gasteiger partial charge >= 0.3 is 0 Å². The first kappa shape index (κ1) is 27.2. The van der Waals surface area contributed by atoms with Gasteiger partial charge in [0.2, 0.25) is 11.8 Å². The quantitative estimate of drug-likeness (QED) is 0.358. The molecular weight excluding hydrogens is 486 g/mol. The predicted octanol–water partition coefficient (Wildman–Crippen LogP) is 3.62. The van der Waals surface area contributed by atoms with E-state index in [1.54, 1.807) is 0 Å². The summed E-state index contributed by atoms with van der Waals surface area (Å²) in [5.41, 5.74) is 3.15. The number of piperazine rings is 1. The average molecular weight is 524 g/mol. The van der Waals surface area contributed by atoms with Crippen LogP contribution in [0.1, 0.15) is 31.4 Å². The zero-order valence-electron chi connectivity index (χ0n) is 21.8. The van der Waals surface area contributed by atoms with Gasteiger partial charge in [-0.3, -0.25) is 19.4 Å². The normalized spacial score (nSPS) is 15.7. The van der Waals surface area contributed by atoms with E-state index in [1.165, 1.54) is 0 Å². The number of hydrogen-bond acceptors (Lipinski definition) is 4. The van der Waals surface area contributed by atoms with Crippen molar-refractivity contribution in [3.05, 3.63) is 70.9 Å². The summed E-state index contributed by atoms with van der Waals surface area (Å²) < 4.78 is 0. The van der Waals surface area contributed by atoms with Gasteiger partial charge in [-0.15, -0.1) is 0 Å². The van der Waals surface area contributed by atoms with E-state index in [2.05, 4.69) is 45.3 Å². The first-order chi connectivity index (χ1) is 17.9. The molecule has 0 saturated carbocycles. The average Bonchev–Trinajstić information content (AvgIpc) is 3.30. The van der Waals surface area contributed by atoms with E-state index >= 15 is 0 Å². The summed E-state index contributed by atoms with van der Waals surface area (Å²) in [6, 6.07) is 16.0. The molecule has 1 fully saturated rings. The molecule has 37 heavy (non-hydrogen) atoms. The fraction of sp³-hybridized carbons (Fsp3) is 0.448. The van der Waals surface area contributed by atoms with Crippen LogP contribution in [0.2, 0.25) is 5.02 Å². The highest BCUT2D eigenvalue weighted by Gasteiger charge is 2.22. The summed E-state index contributed by atoms with van der Waals surface area (Å²) in [5, 5.41) is 8.04. The van der Waals surface area contributed by atoms with Crippen molar-refractivity contribution in [2.45, 2.75) is 45.2 Å². The summed E-state index contributed by atoms with van der Waals surface area (Å²) in [6.45, 7) is 8.89. The Bertz CT molecular complexity index is 1190. The molecule has 1 aliphatic rings. The minimum Gasteiger partial charge on any atom is -0.361 e. The van der Waals surface area contributed by atoms with Crippen molar-refractivity contribution in [1.29, 1.82) is 0 Å². The lowest BCUT2D eigenvalue weighted by Crippen LogP contribution is -2.53. The fourth-order valence-electron chi connectivity index (χ4n) is 4.93. The van der Waals surface area contributed by atoms with Crippen LogP contribution >= 0.6 is 11.6 Å². The molecule has 0 spiro atoms. The monoisotopic (exact) mass is 523 g/mol. The van der Waals surface area contributed by atoms with Crippen molar-refractivity contribution in [3.8, 4) is 0 Å². The number of amides is 2. The summed E-state index contributed by atoms with van der Waals surface area (Å²) in [5.74, 6) is -0.0592. The van der Waals surface area contributed by atoms with Crippen LogP contribution in [-0.4, -0.2) is 78.0 Å². The molecule has 4 rings (SSSR count). The number of rotatable bonds is 11. The Labute approximate surface area is 224 Å². The molecule has 1 aromatic heterocycles. The molecule has 1 saturated heterocycles. The fourth-order valence-corrected chi connectivity index (χ4v) is 5.16. The lowest BCUT2D eigenvalue weighted by atomic mass is 10.0. The van der Waals surface area contributed by atoms with Crippen molar-refractivity contribution in [2.75, 3.05) is 39.3 Å². The van der Waals surface area contributed by atoms with Crippen molar-refractivity contribution in [3.63, 3.8) is 0 Å². The highest BCUT2D eigenvalue weighted by atomic mass is 35.5. The zero-order chi connectivity index (χ0) is 26.2. The van der Waals surface area contributed by atoms with E-state index in [0.29, 0.717) is 43.4 Å². The Morgan fingerprint density at radius 1 is 0.973 bits per heavy atom. The molecule has 2 amide bonds. The number of benzene rings is 2. The first-order valence-electron chi connectivity index (χ1n) is 13.2. The Morgan fingerprint density at radius 2 is 1.70 bits per heavy atom. The highest BCUT2D eigenvalue weighted by molar-refractivity contribution is 6.31. The number of para-hydroxylation sites is 1. The summed E-state index contributed by atoms with van der Waals surface area (Å²) in [4.78, 5) is 33.6. The van der Waals surface area contributed by atoms with Crippen molar-refractivity contribution in [2.24, 2.45) is 0 Å². The van der Waals surface area contributed by atoms with E-state index in [1.807, 2.05) is 48.7 Å².